The number of hydrogen-bond acceptors (Lipinski definition) is 5. The largest absolute Gasteiger partial charge is 0.451 e. The van der Waals surface area contributed by atoms with Crippen molar-refractivity contribution in [1.82, 2.24) is 9.88 Å². The molecular weight excluding hydrogens is 252 g/mol. The average molecular weight is 268 g/mol. The molecule has 0 saturated carbocycles. The molecule has 18 heavy (non-hydrogen) atoms. The van der Waals surface area contributed by atoms with Gasteiger partial charge in [-0.15, -0.1) is 11.8 Å². The highest BCUT2D eigenvalue weighted by Crippen LogP contribution is 2.46. The van der Waals surface area contributed by atoms with Gasteiger partial charge in [0.05, 0.1) is 10.9 Å². The molecule has 3 heterocycles. The van der Waals surface area contributed by atoms with Crippen molar-refractivity contribution in [3.05, 3.63) is 18.4 Å². The molecule has 1 atom stereocenters. The SMILES string of the molecule is CCOC1CSC2(C1)CN(C(=O)c1cocn1)C2. The molecule has 1 aromatic heterocycles. The van der Waals surface area contributed by atoms with Gasteiger partial charge >= 0.3 is 0 Å². The number of rotatable bonds is 3. The summed E-state index contributed by atoms with van der Waals surface area (Å²) in [4.78, 5) is 17.7. The number of ether oxygens (including phenoxy) is 1. The fourth-order valence-electron chi connectivity index (χ4n) is 2.64. The summed E-state index contributed by atoms with van der Waals surface area (Å²) in [5.74, 6) is 1.01. The highest BCUT2D eigenvalue weighted by Gasteiger charge is 2.51. The lowest BCUT2D eigenvalue weighted by Crippen LogP contribution is -2.60. The lowest BCUT2D eigenvalue weighted by molar-refractivity contribution is 0.0355. The molecule has 2 aliphatic heterocycles. The molecule has 98 valence electrons. The van der Waals surface area contributed by atoms with Gasteiger partial charge in [0.15, 0.2) is 12.1 Å². The molecule has 0 bridgehead atoms. The van der Waals surface area contributed by atoms with E-state index in [-0.39, 0.29) is 10.7 Å². The van der Waals surface area contributed by atoms with Crippen LogP contribution in [0.5, 0.6) is 0 Å². The number of amides is 1. The molecule has 0 N–H and O–H groups in total. The maximum atomic E-state index is 12.0. The first-order valence-electron chi connectivity index (χ1n) is 6.15. The molecule has 2 aliphatic rings. The van der Waals surface area contributed by atoms with E-state index in [0.717, 1.165) is 31.9 Å². The summed E-state index contributed by atoms with van der Waals surface area (Å²) in [6, 6.07) is 0. The smallest absolute Gasteiger partial charge is 0.275 e. The molecule has 0 radical (unpaired) electrons. The quantitative estimate of drug-likeness (QED) is 0.829. The van der Waals surface area contributed by atoms with Crippen molar-refractivity contribution < 1.29 is 13.9 Å². The van der Waals surface area contributed by atoms with E-state index in [2.05, 4.69) is 4.98 Å². The van der Waals surface area contributed by atoms with Crippen molar-refractivity contribution in [3.8, 4) is 0 Å². The lowest BCUT2D eigenvalue weighted by Gasteiger charge is -2.47. The van der Waals surface area contributed by atoms with Gasteiger partial charge < -0.3 is 14.1 Å². The average Bonchev–Trinajstić information content (AvgIpc) is 2.95. The predicted molar refractivity (Wildman–Crippen MR) is 67.6 cm³/mol. The van der Waals surface area contributed by atoms with Crippen LogP contribution in [0.2, 0.25) is 0 Å². The van der Waals surface area contributed by atoms with Crippen LogP contribution in [-0.2, 0) is 4.74 Å². The van der Waals surface area contributed by atoms with Gasteiger partial charge in [-0.05, 0) is 13.3 Å². The second kappa shape index (κ2) is 4.59. The number of nitrogens with zero attached hydrogens (tertiary/aromatic N) is 2. The zero-order chi connectivity index (χ0) is 12.6. The van der Waals surface area contributed by atoms with E-state index in [9.17, 15) is 4.79 Å². The molecule has 1 amide bonds. The second-order valence-corrected chi connectivity index (χ2v) is 6.30. The number of thioether (sulfide) groups is 1. The number of oxazole rings is 1. The topological polar surface area (TPSA) is 55.6 Å². The molecule has 1 unspecified atom stereocenters. The third-order valence-electron chi connectivity index (χ3n) is 3.47. The van der Waals surface area contributed by atoms with Gasteiger partial charge in [-0.2, -0.15) is 0 Å². The zero-order valence-corrected chi connectivity index (χ0v) is 11.1. The molecule has 0 aliphatic carbocycles. The fourth-order valence-corrected chi connectivity index (χ4v) is 4.19. The first kappa shape index (κ1) is 12.0. The summed E-state index contributed by atoms with van der Waals surface area (Å²) < 4.78 is 10.7. The predicted octanol–water partition coefficient (Wildman–Crippen LogP) is 1.41. The van der Waals surface area contributed by atoms with Crippen molar-refractivity contribution >= 4 is 17.7 Å². The van der Waals surface area contributed by atoms with Crippen LogP contribution in [0.15, 0.2) is 17.1 Å². The summed E-state index contributed by atoms with van der Waals surface area (Å²) in [5, 5.41) is 0. The summed E-state index contributed by atoms with van der Waals surface area (Å²) >= 11 is 1.94. The number of aromatic nitrogens is 1. The summed E-state index contributed by atoms with van der Waals surface area (Å²) in [5.41, 5.74) is 0.397. The van der Waals surface area contributed by atoms with Crippen molar-refractivity contribution in [2.24, 2.45) is 0 Å². The van der Waals surface area contributed by atoms with Crippen LogP contribution in [0, 0.1) is 0 Å². The Labute approximate surface area is 110 Å². The van der Waals surface area contributed by atoms with Crippen LogP contribution >= 0.6 is 11.8 Å². The van der Waals surface area contributed by atoms with E-state index in [1.165, 1.54) is 12.7 Å². The molecule has 2 fully saturated rings. The molecule has 1 aromatic rings. The molecule has 3 rings (SSSR count). The Balaban J connectivity index is 1.56. The zero-order valence-electron chi connectivity index (χ0n) is 10.3. The highest BCUT2D eigenvalue weighted by molar-refractivity contribution is 8.01. The van der Waals surface area contributed by atoms with Crippen molar-refractivity contribution in [1.29, 1.82) is 0 Å². The number of carbonyl (C=O) groups is 1. The van der Waals surface area contributed by atoms with Crippen molar-refractivity contribution in [2.75, 3.05) is 25.4 Å². The Hall–Kier alpha value is -1.01. The Morgan fingerprint density at radius 2 is 2.56 bits per heavy atom. The minimum Gasteiger partial charge on any atom is -0.451 e. The molecule has 2 saturated heterocycles. The Morgan fingerprint density at radius 3 is 3.22 bits per heavy atom. The van der Waals surface area contributed by atoms with E-state index in [0.29, 0.717) is 11.8 Å². The summed E-state index contributed by atoms with van der Waals surface area (Å²) in [7, 11) is 0. The van der Waals surface area contributed by atoms with Gasteiger partial charge in [-0.3, -0.25) is 4.79 Å². The maximum Gasteiger partial charge on any atom is 0.275 e. The number of hydrogen-bond donors (Lipinski definition) is 0. The van der Waals surface area contributed by atoms with Gasteiger partial charge in [-0.1, -0.05) is 0 Å². The van der Waals surface area contributed by atoms with Crippen LogP contribution in [0.4, 0.5) is 0 Å². The summed E-state index contributed by atoms with van der Waals surface area (Å²) in [6.45, 7) is 4.39. The molecule has 0 aromatic carbocycles. The molecule has 6 heteroatoms. The second-order valence-electron chi connectivity index (χ2n) is 4.81. The first-order chi connectivity index (χ1) is 8.72. The van der Waals surface area contributed by atoms with Crippen LogP contribution in [0.3, 0.4) is 0 Å². The first-order valence-corrected chi connectivity index (χ1v) is 7.14. The van der Waals surface area contributed by atoms with Crippen molar-refractivity contribution in [2.45, 2.75) is 24.2 Å². The van der Waals surface area contributed by atoms with Gasteiger partial charge in [0, 0.05) is 25.4 Å². The van der Waals surface area contributed by atoms with Gasteiger partial charge in [0.1, 0.15) is 6.26 Å². The van der Waals surface area contributed by atoms with Crippen LogP contribution < -0.4 is 0 Å². The van der Waals surface area contributed by atoms with E-state index in [1.54, 1.807) is 0 Å². The number of carbonyl (C=O) groups excluding carboxylic acids is 1. The van der Waals surface area contributed by atoms with Crippen molar-refractivity contribution in [3.63, 3.8) is 0 Å². The standard InChI is InChI=1S/C12H16N2O3S/c1-2-17-9-3-12(18-5-9)6-14(7-12)11(15)10-4-16-8-13-10/h4,8-9H,2-3,5-7H2,1H3. The normalized spacial score (nSPS) is 25.4. The molecule has 1 spiro atoms. The van der Waals surface area contributed by atoms with Crippen LogP contribution in [0.1, 0.15) is 23.8 Å². The Kier molecular flexibility index (Phi) is 3.07. The maximum absolute atomic E-state index is 12.0. The lowest BCUT2D eigenvalue weighted by atomic mass is 9.92. The van der Waals surface area contributed by atoms with Crippen LogP contribution in [0.25, 0.3) is 0 Å². The van der Waals surface area contributed by atoms with Gasteiger partial charge in [-0.25, -0.2) is 4.98 Å². The Bertz CT molecular complexity index is 429. The molecular formula is C12H16N2O3S. The van der Waals surface area contributed by atoms with E-state index in [4.69, 9.17) is 9.15 Å². The van der Waals surface area contributed by atoms with E-state index >= 15 is 0 Å². The Morgan fingerprint density at radius 1 is 1.72 bits per heavy atom. The van der Waals surface area contributed by atoms with Crippen LogP contribution in [-0.4, -0.2) is 52.1 Å². The van der Waals surface area contributed by atoms with E-state index in [1.807, 2.05) is 23.6 Å². The minimum absolute atomic E-state index is 0.0326. The monoisotopic (exact) mass is 268 g/mol. The fraction of sp³-hybridized carbons (Fsp3) is 0.667. The third-order valence-corrected chi connectivity index (χ3v) is 5.05. The van der Waals surface area contributed by atoms with E-state index < -0.39 is 0 Å². The van der Waals surface area contributed by atoms with Gasteiger partial charge in [0.2, 0.25) is 0 Å². The van der Waals surface area contributed by atoms with Gasteiger partial charge in [0.25, 0.3) is 5.91 Å². The number of likely N-dealkylation sites (tertiary alicyclic amines) is 1. The highest BCUT2D eigenvalue weighted by atomic mass is 32.2. The molecule has 5 nitrogen and oxygen atoms in total. The summed E-state index contributed by atoms with van der Waals surface area (Å²) in [6.07, 6.45) is 4.09. The minimum atomic E-state index is -0.0326. The third kappa shape index (κ3) is 2.03.